The van der Waals surface area contributed by atoms with E-state index < -0.39 is 0 Å². The number of methoxy groups -OCH3 is 1. The van der Waals surface area contributed by atoms with Crippen molar-refractivity contribution in [3.63, 3.8) is 0 Å². The third-order valence-corrected chi connectivity index (χ3v) is 5.20. The van der Waals surface area contributed by atoms with Gasteiger partial charge in [0.15, 0.2) is 5.65 Å². The Morgan fingerprint density at radius 1 is 1.28 bits per heavy atom. The van der Waals surface area contributed by atoms with E-state index in [0.717, 1.165) is 46.5 Å². The second-order valence-electron chi connectivity index (χ2n) is 8.82. The molecule has 0 bridgehead atoms. The van der Waals surface area contributed by atoms with Gasteiger partial charge in [-0.05, 0) is 64.3 Å². The van der Waals surface area contributed by atoms with Gasteiger partial charge in [-0.15, -0.1) is 0 Å². The Morgan fingerprint density at radius 3 is 2.69 bits per heavy atom. The van der Waals surface area contributed by atoms with Crippen LogP contribution in [0.4, 0.5) is 5.69 Å². The number of carbonyl (C=O) groups excluding carboxylic acids is 1. The van der Waals surface area contributed by atoms with E-state index >= 15 is 0 Å². The van der Waals surface area contributed by atoms with Gasteiger partial charge in [-0.3, -0.25) is 4.79 Å². The molecule has 1 N–H and O–H groups in total. The number of hydrogen-bond donors (Lipinski definition) is 1. The highest BCUT2D eigenvalue weighted by Crippen LogP contribution is 2.41. The SMILES string of the molecule is COCc1cccc(NC(=O)c2cc(C3CC3)nc3c2c(C)nn3C(C)(C)C)c1. The lowest BCUT2D eigenvalue weighted by Gasteiger charge is -2.20. The molecule has 1 aliphatic carbocycles. The van der Waals surface area contributed by atoms with Crippen LogP contribution in [-0.4, -0.2) is 27.8 Å². The maximum Gasteiger partial charge on any atom is 0.256 e. The molecule has 0 atom stereocenters. The van der Waals surface area contributed by atoms with Crippen molar-refractivity contribution in [3.8, 4) is 0 Å². The Labute approximate surface area is 171 Å². The fourth-order valence-corrected chi connectivity index (χ4v) is 3.65. The summed E-state index contributed by atoms with van der Waals surface area (Å²) in [4.78, 5) is 18.2. The number of hydrogen-bond acceptors (Lipinski definition) is 4. The van der Waals surface area contributed by atoms with Crippen LogP contribution in [0.25, 0.3) is 11.0 Å². The lowest BCUT2D eigenvalue weighted by molar-refractivity contribution is 0.102. The van der Waals surface area contributed by atoms with Crippen LogP contribution < -0.4 is 5.32 Å². The first-order valence-corrected chi connectivity index (χ1v) is 10.1. The number of benzene rings is 1. The van der Waals surface area contributed by atoms with Crippen LogP contribution in [0.1, 0.15) is 66.8 Å². The summed E-state index contributed by atoms with van der Waals surface area (Å²) in [6, 6.07) is 9.68. The minimum Gasteiger partial charge on any atom is -0.380 e. The van der Waals surface area contributed by atoms with E-state index in [1.807, 2.05) is 41.9 Å². The summed E-state index contributed by atoms with van der Waals surface area (Å²) in [6.07, 6.45) is 2.25. The maximum absolute atomic E-state index is 13.3. The van der Waals surface area contributed by atoms with Gasteiger partial charge in [0, 0.05) is 24.4 Å². The molecule has 2 heterocycles. The van der Waals surface area contributed by atoms with Gasteiger partial charge in [0.2, 0.25) is 0 Å². The van der Waals surface area contributed by atoms with Crippen molar-refractivity contribution in [2.24, 2.45) is 0 Å². The van der Waals surface area contributed by atoms with Gasteiger partial charge in [0.05, 0.1) is 28.8 Å². The van der Waals surface area contributed by atoms with Crippen LogP contribution in [0.5, 0.6) is 0 Å². The Bertz CT molecular complexity index is 1070. The Hall–Kier alpha value is -2.73. The molecule has 152 valence electrons. The highest BCUT2D eigenvalue weighted by atomic mass is 16.5. The number of aromatic nitrogens is 3. The Morgan fingerprint density at radius 2 is 2.03 bits per heavy atom. The smallest absolute Gasteiger partial charge is 0.256 e. The van der Waals surface area contributed by atoms with E-state index in [9.17, 15) is 4.79 Å². The Balaban J connectivity index is 1.79. The number of amides is 1. The van der Waals surface area contributed by atoms with Gasteiger partial charge in [0.1, 0.15) is 0 Å². The molecule has 1 aliphatic rings. The van der Waals surface area contributed by atoms with Crippen molar-refractivity contribution in [2.45, 2.75) is 58.6 Å². The minimum absolute atomic E-state index is 0.134. The molecular formula is C23H28N4O2. The van der Waals surface area contributed by atoms with Gasteiger partial charge in [-0.25, -0.2) is 9.67 Å². The van der Waals surface area contributed by atoms with E-state index in [-0.39, 0.29) is 11.4 Å². The van der Waals surface area contributed by atoms with E-state index in [2.05, 4.69) is 26.1 Å². The summed E-state index contributed by atoms with van der Waals surface area (Å²) in [5, 5.41) is 8.61. The molecular weight excluding hydrogens is 364 g/mol. The van der Waals surface area contributed by atoms with Gasteiger partial charge in [-0.1, -0.05) is 12.1 Å². The molecule has 1 saturated carbocycles. The minimum atomic E-state index is -0.218. The first kappa shape index (κ1) is 19.6. The average Bonchev–Trinajstić information content (AvgIpc) is 3.45. The van der Waals surface area contributed by atoms with Crippen LogP contribution in [0.3, 0.4) is 0 Å². The molecule has 6 nitrogen and oxygen atoms in total. The summed E-state index contributed by atoms with van der Waals surface area (Å²) >= 11 is 0. The number of ether oxygens (including phenoxy) is 1. The summed E-state index contributed by atoms with van der Waals surface area (Å²) < 4.78 is 7.14. The van der Waals surface area contributed by atoms with Crippen molar-refractivity contribution < 1.29 is 9.53 Å². The fraction of sp³-hybridized carbons (Fsp3) is 0.435. The fourth-order valence-electron chi connectivity index (χ4n) is 3.65. The molecule has 0 radical (unpaired) electrons. The van der Waals surface area contributed by atoms with Crippen LogP contribution in [0, 0.1) is 6.92 Å². The van der Waals surface area contributed by atoms with E-state index in [4.69, 9.17) is 14.8 Å². The van der Waals surface area contributed by atoms with Gasteiger partial charge in [-0.2, -0.15) is 5.10 Å². The molecule has 0 saturated heterocycles. The van der Waals surface area contributed by atoms with Crippen molar-refractivity contribution in [1.29, 1.82) is 0 Å². The highest BCUT2D eigenvalue weighted by Gasteiger charge is 2.30. The number of nitrogens with one attached hydrogen (secondary N) is 1. The molecule has 3 aromatic rings. The summed E-state index contributed by atoms with van der Waals surface area (Å²) in [6.45, 7) is 8.76. The van der Waals surface area contributed by atoms with E-state index in [1.165, 1.54) is 0 Å². The first-order chi connectivity index (χ1) is 13.8. The van der Waals surface area contributed by atoms with Crippen molar-refractivity contribution in [2.75, 3.05) is 12.4 Å². The zero-order chi connectivity index (χ0) is 20.8. The Kier molecular flexibility index (Phi) is 4.90. The zero-order valence-corrected chi connectivity index (χ0v) is 17.7. The summed E-state index contributed by atoms with van der Waals surface area (Å²) in [7, 11) is 1.66. The molecule has 4 rings (SSSR count). The molecule has 2 aromatic heterocycles. The second-order valence-corrected chi connectivity index (χ2v) is 8.82. The lowest BCUT2D eigenvalue weighted by Crippen LogP contribution is -2.23. The van der Waals surface area contributed by atoms with Gasteiger partial charge < -0.3 is 10.1 Å². The largest absolute Gasteiger partial charge is 0.380 e. The number of rotatable bonds is 5. The second kappa shape index (κ2) is 7.26. The van der Waals surface area contributed by atoms with Crippen molar-refractivity contribution in [3.05, 3.63) is 52.8 Å². The highest BCUT2D eigenvalue weighted by molar-refractivity contribution is 6.12. The maximum atomic E-state index is 13.3. The number of anilines is 1. The predicted octanol–water partition coefficient (Wildman–Crippen LogP) is 4.77. The molecule has 1 amide bonds. The molecule has 0 spiro atoms. The number of nitrogens with zero attached hydrogens (tertiary/aromatic N) is 3. The zero-order valence-electron chi connectivity index (χ0n) is 17.7. The lowest BCUT2D eigenvalue weighted by atomic mass is 10.1. The standard InChI is InChI=1S/C23H28N4O2/c1-14-20-18(22(28)24-17-8-6-7-15(11-17)13-29-5)12-19(16-9-10-16)25-21(20)27(26-14)23(2,3)4/h6-8,11-12,16H,9-10,13H2,1-5H3,(H,24,28). The third-order valence-electron chi connectivity index (χ3n) is 5.20. The summed E-state index contributed by atoms with van der Waals surface area (Å²) in [5.74, 6) is 0.310. The topological polar surface area (TPSA) is 69.0 Å². The molecule has 0 unspecified atom stereocenters. The van der Waals surface area contributed by atoms with Crippen LogP contribution in [-0.2, 0) is 16.9 Å². The number of aryl methyl sites for hydroxylation is 1. The summed E-state index contributed by atoms with van der Waals surface area (Å²) in [5.41, 5.74) is 4.79. The molecule has 1 fully saturated rings. The van der Waals surface area contributed by atoms with E-state index in [0.29, 0.717) is 18.1 Å². The molecule has 6 heteroatoms. The molecule has 0 aliphatic heterocycles. The molecule has 1 aromatic carbocycles. The third kappa shape index (κ3) is 3.90. The van der Waals surface area contributed by atoms with Gasteiger partial charge in [0.25, 0.3) is 5.91 Å². The normalized spacial score (nSPS) is 14.4. The van der Waals surface area contributed by atoms with Crippen molar-refractivity contribution in [1.82, 2.24) is 14.8 Å². The van der Waals surface area contributed by atoms with Gasteiger partial charge >= 0.3 is 0 Å². The monoisotopic (exact) mass is 392 g/mol. The number of carbonyl (C=O) groups is 1. The predicted molar refractivity (Wildman–Crippen MR) is 114 cm³/mol. The molecule has 29 heavy (non-hydrogen) atoms. The van der Waals surface area contributed by atoms with Crippen LogP contribution in [0.2, 0.25) is 0 Å². The van der Waals surface area contributed by atoms with Crippen LogP contribution >= 0.6 is 0 Å². The number of pyridine rings is 1. The van der Waals surface area contributed by atoms with Crippen LogP contribution in [0.15, 0.2) is 30.3 Å². The van der Waals surface area contributed by atoms with E-state index in [1.54, 1.807) is 7.11 Å². The first-order valence-electron chi connectivity index (χ1n) is 10.1. The van der Waals surface area contributed by atoms with Crippen molar-refractivity contribution >= 4 is 22.6 Å². The average molecular weight is 393 g/mol. The number of fused-ring (bicyclic) bond motifs is 1. The quantitative estimate of drug-likeness (QED) is 0.679.